The Labute approximate surface area is 99.7 Å². The maximum Gasteiger partial charge on any atom is 0.113 e. The normalized spacial score (nSPS) is 14.5. The Kier molecular flexibility index (Phi) is 3.51. The SMILES string of the molecule is Cc1cc(C(O)C(N)Cc2ccncc2)n[nH]1. The predicted octanol–water partition coefficient (Wildman–Crippen LogP) is 0.717. The van der Waals surface area contributed by atoms with Gasteiger partial charge in [-0.2, -0.15) is 5.10 Å². The molecule has 5 nitrogen and oxygen atoms in total. The van der Waals surface area contributed by atoms with Gasteiger partial charge in [-0.3, -0.25) is 10.1 Å². The molecule has 0 fully saturated rings. The first kappa shape index (κ1) is 11.8. The summed E-state index contributed by atoms with van der Waals surface area (Å²) >= 11 is 0. The van der Waals surface area contributed by atoms with Crippen molar-refractivity contribution in [3.63, 3.8) is 0 Å². The molecule has 0 amide bonds. The average molecular weight is 232 g/mol. The van der Waals surface area contributed by atoms with E-state index in [0.29, 0.717) is 12.1 Å². The van der Waals surface area contributed by atoms with Crippen LogP contribution in [0.5, 0.6) is 0 Å². The van der Waals surface area contributed by atoms with E-state index in [1.54, 1.807) is 18.5 Å². The number of aryl methyl sites for hydroxylation is 1. The minimum Gasteiger partial charge on any atom is -0.385 e. The molecule has 0 bridgehead atoms. The lowest BCUT2D eigenvalue weighted by atomic mass is 10.0. The smallest absolute Gasteiger partial charge is 0.113 e. The third-order valence-corrected chi connectivity index (χ3v) is 2.66. The molecule has 0 aliphatic carbocycles. The van der Waals surface area contributed by atoms with Gasteiger partial charge in [0, 0.05) is 24.1 Å². The Morgan fingerprint density at radius 2 is 2.12 bits per heavy atom. The summed E-state index contributed by atoms with van der Waals surface area (Å²) in [5.41, 5.74) is 8.52. The van der Waals surface area contributed by atoms with Gasteiger partial charge >= 0.3 is 0 Å². The highest BCUT2D eigenvalue weighted by atomic mass is 16.3. The molecule has 0 radical (unpaired) electrons. The number of aromatic amines is 1. The van der Waals surface area contributed by atoms with Crippen molar-refractivity contribution in [1.82, 2.24) is 15.2 Å². The third-order valence-electron chi connectivity index (χ3n) is 2.66. The van der Waals surface area contributed by atoms with E-state index in [1.807, 2.05) is 19.1 Å². The molecule has 2 aromatic heterocycles. The van der Waals surface area contributed by atoms with E-state index >= 15 is 0 Å². The number of nitrogens with two attached hydrogens (primary N) is 1. The summed E-state index contributed by atoms with van der Waals surface area (Å²) in [6, 6.07) is 5.21. The van der Waals surface area contributed by atoms with Crippen LogP contribution >= 0.6 is 0 Å². The van der Waals surface area contributed by atoms with Crippen molar-refractivity contribution in [1.29, 1.82) is 0 Å². The lowest BCUT2D eigenvalue weighted by molar-refractivity contribution is 0.141. The second-order valence-electron chi connectivity index (χ2n) is 4.14. The number of nitrogens with zero attached hydrogens (tertiary/aromatic N) is 2. The van der Waals surface area contributed by atoms with E-state index in [2.05, 4.69) is 15.2 Å². The molecular formula is C12H16N4O. The Hall–Kier alpha value is -1.72. The van der Waals surface area contributed by atoms with Crippen LogP contribution in [-0.4, -0.2) is 26.3 Å². The Balaban J connectivity index is 2.03. The Morgan fingerprint density at radius 1 is 1.41 bits per heavy atom. The zero-order chi connectivity index (χ0) is 12.3. The number of rotatable bonds is 4. The van der Waals surface area contributed by atoms with Crippen LogP contribution in [-0.2, 0) is 6.42 Å². The fourth-order valence-electron chi connectivity index (χ4n) is 1.71. The first-order chi connectivity index (χ1) is 8.16. The van der Waals surface area contributed by atoms with Crippen molar-refractivity contribution in [2.75, 3.05) is 0 Å². The van der Waals surface area contributed by atoms with Crippen LogP contribution in [0.25, 0.3) is 0 Å². The number of nitrogens with one attached hydrogen (secondary N) is 1. The van der Waals surface area contributed by atoms with Crippen molar-refractivity contribution < 1.29 is 5.11 Å². The quantitative estimate of drug-likeness (QED) is 0.724. The lowest BCUT2D eigenvalue weighted by Crippen LogP contribution is -2.30. The number of H-pyrrole nitrogens is 1. The average Bonchev–Trinajstić information content (AvgIpc) is 2.76. The van der Waals surface area contributed by atoms with Crippen molar-refractivity contribution in [3.8, 4) is 0 Å². The second-order valence-corrected chi connectivity index (χ2v) is 4.14. The summed E-state index contributed by atoms with van der Waals surface area (Å²) in [5, 5.41) is 16.8. The lowest BCUT2D eigenvalue weighted by Gasteiger charge is -2.16. The van der Waals surface area contributed by atoms with Crippen LogP contribution in [0.1, 0.15) is 23.1 Å². The topological polar surface area (TPSA) is 87.8 Å². The number of aliphatic hydroxyl groups excluding tert-OH is 1. The van der Waals surface area contributed by atoms with Crippen LogP contribution in [0.15, 0.2) is 30.6 Å². The molecule has 0 aliphatic heterocycles. The van der Waals surface area contributed by atoms with E-state index in [-0.39, 0.29) is 6.04 Å². The van der Waals surface area contributed by atoms with Gasteiger partial charge in [0.15, 0.2) is 0 Å². The molecule has 2 atom stereocenters. The summed E-state index contributed by atoms with van der Waals surface area (Å²) in [4.78, 5) is 3.94. The minimum absolute atomic E-state index is 0.375. The van der Waals surface area contributed by atoms with Crippen LogP contribution in [0, 0.1) is 6.92 Å². The van der Waals surface area contributed by atoms with Gasteiger partial charge in [-0.1, -0.05) is 0 Å². The molecule has 0 aliphatic rings. The van der Waals surface area contributed by atoms with Gasteiger partial charge in [0.2, 0.25) is 0 Å². The van der Waals surface area contributed by atoms with Gasteiger partial charge in [-0.05, 0) is 37.1 Å². The molecule has 17 heavy (non-hydrogen) atoms. The van der Waals surface area contributed by atoms with E-state index in [0.717, 1.165) is 11.3 Å². The molecule has 0 saturated heterocycles. The molecule has 0 aromatic carbocycles. The first-order valence-corrected chi connectivity index (χ1v) is 5.51. The zero-order valence-electron chi connectivity index (χ0n) is 9.67. The molecule has 0 saturated carbocycles. The van der Waals surface area contributed by atoms with Gasteiger partial charge in [0.05, 0.1) is 5.69 Å². The van der Waals surface area contributed by atoms with E-state index in [4.69, 9.17) is 5.73 Å². The fourth-order valence-corrected chi connectivity index (χ4v) is 1.71. The highest BCUT2D eigenvalue weighted by molar-refractivity contribution is 5.15. The monoisotopic (exact) mass is 232 g/mol. The standard InChI is InChI=1S/C12H16N4O/c1-8-6-11(16-15-8)12(17)10(13)7-9-2-4-14-5-3-9/h2-6,10,12,17H,7,13H2,1H3,(H,15,16). The zero-order valence-corrected chi connectivity index (χ0v) is 9.67. The van der Waals surface area contributed by atoms with Gasteiger partial charge in [-0.15, -0.1) is 0 Å². The summed E-state index contributed by atoms with van der Waals surface area (Å²) in [6.07, 6.45) is 3.27. The van der Waals surface area contributed by atoms with Crippen LogP contribution < -0.4 is 5.73 Å². The van der Waals surface area contributed by atoms with E-state index in [9.17, 15) is 5.11 Å². The molecule has 2 heterocycles. The molecule has 2 aromatic rings. The van der Waals surface area contributed by atoms with E-state index < -0.39 is 6.10 Å². The first-order valence-electron chi connectivity index (χ1n) is 5.51. The summed E-state index contributed by atoms with van der Waals surface area (Å²) in [6.45, 7) is 1.89. The molecule has 5 heteroatoms. The number of aliphatic hydroxyl groups is 1. The molecule has 90 valence electrons. The minimum atomic E-state index is -0.756. The van der Waals surface area contributed by atoms with Crippen molar-refractivity contribution in [2.24, 2.45) is 5.73 Å². The number of pyridine rings is 1. The van der Waals surface area contributed by atoms with Crippen LogP contribution in [0.2, 0.25) is 0 Å². The van der Waals surface area contributed by atoms with Crippen molar-refractivity contribution in [2.45, 2.75) is 25.5 Å². The molecule has 4 N–H and O–H groups in total. The maximum absolute atomic E-state index is 10.0. The van der Waals surface area contributed by atoms with Gasteiger partial charge in [0.25, 0.3) is 0 Å². The van der Waals surface area contributed by atoms with Crippen molar-refractivity contribution in [3.05, 3.63) is 47.5 Å². The number of hydrogen-bond donors (Lipinski definition) is 3. The predicted molar refractivity (Wildman–Crippen MR) is 64.2 cm³/mol. The third kappa shape index (κ3) is 2.89. The molecule has 2 unspecified atom stereocenters. The summed E-state index contributed by atoms with van der Waals surface area (Å²) < 4.78 is 0. The van der Waals surface area contributed by atoms with Crippen LogP contribution in [0.4, 0.5) is 0 Å². The Morgan fingerprint density at radius 3 is 2.71 bits per heavy atom. The molecule has 0 spiro atoms. The van der Waals surface area contributed by atoms with Gasteiger partial charge in [0.1, 0.15) is 6.10 Å². The summed E-state index contributed by atoms with van der Waals surface area (Å²) in [7, 11) is 0. The molecule has 2 rings (SSSR count). The Bertz CT molecular complexity index is 468. The number of aromatic nitrogens is 3. The van der Waals surface area contributed by atoms with Gasteiger partial charge < -0.3 is 10.8 Å². The van der Waals surface area contributed by atoms with Gasteiger partial charge in [-0.25, -0.2) is 0 Å². The highest BCUT2D eigenvalue weighted by Crippen LogP contribution is 2.16. The largest absolute Gasteiger partial charge is 0.385 e. The fraction of sp³-hybridized carbons (Fsp3) is 0.333. The van der Waals surface area contributed by atoms with Crippen molar-refractivity contribution >= 4 is 0 Å². The van der Waals surface area contributed by atoms with Crippen LogP contribution in [0.3, 0.4) is 0 Å². The second kappa shape index (κ2) is 5.07. The summed E-state index contributed by atoms with van der Waals surface area (Å²) in [5.74, 6) is 0. The number of hydrogen-bond acceptors (Lipinski definition) is 4. The highest BCUT2D eigenvalue weighted by Gasteiger charge is 2.19. The van der Waals surface area contributed by atoms with E-state index in [1.165, 1.54) is 0 Å². The molecular weight excluding hydrogens is 216 g/mol. The maximum atomic E-state index is 10.0.